The molecule has 92 valence electrons. The fraction of sp³-hybridized carbons (Fsp3) is 0.455. The van der Waals surface area contributed by atoms with Gasteiger partial charge in [0.25, 0.3) is 5.91 Å². The highest BCUT2D eigenvalue weighted by atomic mass is 35.5. The van der Waals surface area contributed by atoms with Crippen LogP contribution in [0.2, 0.25) is 5.02 Å². The molecule has 1 aliphatic heterocycles. The Balaban J connectivity index is 2.26. The third-order valence-corrected chi connectivity index (χ3v) is 4.58. The molecule has 0 saturated carbocycles. The second-order valence-electron chi connectivity index (χ2n) is 4.06. The smallest absolute Gasteiger partial charge is 0.326 e. The van der Waals surface area contributed by atoms with Crippen molar-refractivity contribution >= 4 is 34.8 Å². The van der Waals surface area contributed by atoms with E-state index in [9.17, 15) is 9.59 Å². The Morgan fingerprint density at radius 3 is 2.82 bits per heavy atom. The Labute approximate surface area is 108 Å². The highest BCUT2D eigenvalue weighted by Crippen LogP contribution is 2.30. The van der Waals surface area contributed by atoms with Crippen LogP contribution in [-0.4, -0.2) is 34.5 Å². The Kier molecular flexibility index (Phi) is 3.40. The van der Waals surface area contributed by atoms with Crippen molar-refractivity contribution in [3.05, 3.63) is 20.8 Å². The number of rotatable bonds is 2. The summed E-state index contributed by atoms with van der Waals surface area (Å²) in [5.74, 6) is -1.21. The molecule has 1 saturated heterocycles. The Bertz CT molecular complexity index is 471. The summed E-state index contributed by atoms with van der Waals surface area (Å²) in [5, 5.41) is 11.3. The number of hydrogen-bond donors (Lipinski definition) is 1. The number of carboxylic acid groups (broad SMARTS) is 1. The van der Waals surface area contributed by atoms with Crippen molar-refractivity contribution in [2.75, 3.05) is 6.54 Å². The first-order chi connectivity index (χ1) is 8.02. The van der Waals surface area contributed by atoms with Crippen molar-refractivity contribution in [1.82, 2.24) is 4.90 Å². The minimum atomic E-state index is -0.944. The van der Waals surface area contributed by atoms with Crippen molar-refractivity contribution in [3.63, 3.8) is 0 Å². The molecule has 1 aromatic rings. The lowest BCUT2D eigenvalue weighted by Crippen LogP contribution is -2.40. The van der Waals surface area contributed by atoms with Gasteiger partial charge in [-0.2, -0.15) is 0 Å². The molecule has 0 aromatic carbocycles. The van der Waals surface area contributed by atoms with Crippen molar-refractivity contribution in [2.45, 2.75) is 25.8 Å². The molecule has 1 N–H and O–H groups in total. The van der Waals surface area contributed by atoms with Crippen LogP contribution >= 0.6 is 22.9 Å². The number of carbonyl (C=O) groups excluding carboxylic acids is 1. The number of likely N-dealkylation sites (tertiary alicyclic amines) is 1. The molecule has 1 fully saturated rings. The summed E-state index contributed by atoms with van der Waals surface area (Å²) in [6.45, 7) is 2.32. The zero-order chi connectivity index (χ0) is 12.6. The molecule has 1 amide bonds. The Hall–Kier alpha value is -1.07. The number of halogens is 1. The first-order valence-corrected chi connectivity index (χ1v) is 6.55. The van der Waals surface area contributed by atoms with Gasteiger partial charge in [-0.05, 0) is 30.7 Å². The molecule has 1 unspecified atom stereocenters. The van der Waals surface area contributed by atoms with Crippen LogP contribution in [0, 0.1) is 6.92 Å². The predicted octanol–water partition coefficient (Wildman–Crippen LogP) is 2.40. The first kappa shape index (κ1) is 12.4. The predicted molar refractivity (Wildman–Crippen MR) is 65.8 cm³/mol. The Morgan fingerprint density at radius 1 is 1.59 bits per heavy atom. The lowest BCUT2D eigenvalue weighted by atomic mass is 10.2. The van der Waals surface area contributed by atoms with Gasteiger partial charge in [-0.1, -0.05) is 11.6 Å². The topological polar surface area (TPSA) is 57.6 Å². The number of nitrogens with zero attached hydrogens (tertiary/aromatic N) is 1. The zero-order valence-electron chi connectivity index (χ0n) is 9.27. The number of amides is 1. The van der Waals surface area contributed by atoms with E-state index in [1.54, 1.807) is 5.38 Å². The Morgan fingerprint density at radius 2 is 2.29 bits per heavy atom. The van der Waals surface area contributed by atoms with Gasteiger partial charge in [-0.3, -0.25) is 4.79 Å². The molecule has 2 heterocycles. The number of carbonyl (C=O) groups is 2. The minimum absolute atomic E-state index is 0.266. The molecule has 1 atom stereocenters. The van der Waals surface area contributed by atoms with Crippen LogP contribution in [0.25, 0.3) is 0 Å². The molecule has 0 aliphatic carbocycles. The maximum Gasteiger partial charge on any atom is 0.326 e. The largest absolute Gasteiger partial charge is 0.480 e. The van der Waals surface area contributed by atoms with E-state index in [1.807, 2.05) is 6.92 Å². The van der Waals surface area contributed by atoms with E-state index in [-0.39, 0.29) is 5.91 Å². The molecule has 1 aromatic heterocycles. The van der Waals surface area contributed by atoms with E-state index >= 15 is 0 Å². The van der Waals surface area contributed by atoms with E-state index in [4.69, 9.17) is 16.7 Å². The molecular formula is C11H12ClNO3S. The van der Waals surface area contributed by atoms with Gasteiger partial charge in [-0.25, -0.2) is 4.79 Å². The van der Waals surface area contributed by atoms with Gasteiger partial charge < -0.3 is 10.0 Å². The fourth-order valence-electron chi connectivity index (χ4n) is 1.97. The van der Waals surface area contributed by atoms with Crippen LogP contribution in [0.3, 0.4) is 0 Å². The average molecular weight is 274 g/mol. The number of thiophene rings is 1. The van der Waals surface area contributed by atoms with Gasteiger partial charge in [0.05, 0.1) is 5.02 Å². The second kappa shape index (κ2) is 4.66. The van der Waals surface area contributed by atoms with E-state index < -0.39 is 12.0 Å². The fourth-order valence-corrected chi connectivity index (χ4v) is 3.20. The average Bonchev–Trinajstić information content (AvgIpc) is 2.87. The molecule has 4 nitrogen and oxygen atoms in total. The molecule has 0 radical (unpaired) electrons. The molecular weight excluding hydrogens is 262 g/mol. The summed E-state index contributed by atoms with van der Waals surface area (Å²) in [5.41, 5.74) is 0.853. The van der Waals surface area contributed by atoms with Crippen LogP contribution in [0.5, 0.6) is 0 Å². The van der Waals surface area contributed by atoms with E-state index in [0.29, 0.717) is 22.9 Å². The van der Waals surface area contributed by atoms with Gasteiger partial charge in [0.1, 0.15) is 10.9 Å². The van der Waals surface area contributed by atoms with Gasteiger partial charge in [0, 0.05) is 6.54 Å². The SMILES string of the molecule is Cc1csc(C(=O)N2CCCC2C(=O)O)c1Cl. The number of carboxylic acids is 1. The molecule has 0 bridgehead atoms. The lowest BCUT2D eigenvalue weighted by molar-refractivity contribution is -0.141. The summed E-state index contributed by atoms with van der Waals surface area (Å²) < 4.78 is 0. The maximum absolute atomic E-state index is 12.2. The standard InChI is InChI=1S/C11H12ClNO3S/c1-6-5-17-9(8(6)12)10(14)13-4-2-3-7(13)11(15)16/h5,7H,2-4H2,1H3,(H,15,16). The van der Waals surface area contributed by atoms with E-state index in [2.05, 4.69) is 0 Å². The number of hydrogen-bond acceptors (Lipinski definition) is 3. The quantitative estimate of drug-likeness (QED) is 0.900. The summed E-state index contributed by atoms with van der Waals surface area (Å²) in [6.07, 6.45) is 1.24. The van der Waals surface area contributed by atoms with Gasteiger partial charge in [0.15, 0.2) is 0 Å². The summed E-state index contributed by atoms with van der Waals surface area (Å²) in [6, 6.07) is -0.707. The van der Waals surface area contributed by atoms with Crippen molar-refractivity contribution < 1.29 is 14.7 Å². The zero-order valence-corrected chi connectivity index (χ0v) is 10.8. The van der Waals surface area contributed by atoms with Crippen molar-refractivity contribution in [3.8, 4) is 0 Å². The number of aliphatic carboxylic acids is 1. The van der Waals surface area contributed by atoms with Crippen LogP contribution in [0.1, 0.15) is 28.1 Å². The van der Waals surface area contributed by atoms with E-state index in [1.165, 1.54) is 16.2 Å². The second-order valence-corrected chi connectivity index (χ2v) is 5.31. The van der Waals surface area contributed by atoms with Crippen LogP contribution in [0.4, 0.5) is 0 Å². The first-order valence-electron chi connectivity index (χ1n) is 5.29. The molecule has 2 rings (SSSR count). The van der Waals surface area contributed by atoms with Gasteiger partial charge in [0.2, 0.25) is 0 Å². The highest BCUT2D eigenvalue weighted by Gasteiger charge is 2.35. The monoisotopic (exact) mass is 273 g/mol. The van der Waals surface area contributed by atoms with Crippen molar-refractivity contribution in [2.24, 2.45) is 0 Å². The van der Waals surface area contributed by atoms with Crippen molar-refractivity contribution in [1.29, 1.82) is 0 Å². The molecule has 6 heteroatoms. The van der Waals surface area contributed by atoms with Crippen LogP contribution in [0.15, 0.2) is 5.38 Å². The molecule has 1 aliphatic rings. The number of aryl methyl sites for hydroxylation is 1. The normalized spacial score (nSPS) is 19.6. The minimum Gasteiger partial charge on any atom is -0.480 e. The highest BCUT2D eigenvalue weighted by molar-refractivity contribution is 7.13. The van der Waals surface area contributed by atoms with Crippen LogP contribution < -0.4 is 0 Å². The lowest BCUT2D eigenvalue weighted by Gasteiger charge is -2.20. The third-order valence-electron chi connectivity index (χ3n) is 2.89. The summed E-state index contributed by atoms with van der Waals surface area (Å²) in [7, 11) is 0. The van der Waals surface area contributed by atoms with Gasteiger partial charge in [-0.15, -0.1) is 11.3 Å². The molecule has 17 heavy (non-hydrogen) atoms. The molecule has 0 spiro atoms. The summed E-state index contributed by atoms with van der Waals surface area (Å²) in [4.78, 5) is 25.0. The maximum atomic E-state index is 12.2. The van der Waals surface area contributed by atoms with Crippen LogP contribution in [-0.2, 0) is 4.79 Å². The van der Waals surface area contributed by atoms with E-state index in [0.717, 1.165) is 12.0 Å². The van der Waals surface area contributed by atoms with Gasteiger partial charge >= 0.3 is 5.97 Å². The third kappa shape index (κ3) is 2.17. The summed E-state index contributed by atoms with van der Waals surface area (Å²) >= 11 is 7.29.